The quantitative estimate of drug-likeness (QED) is 0.0388. The number of nitro benzene ring substituents is 2. The average molecular weight is 773 g/mol. The van der Waals surface area contributed by atoms with Crippen LogP contribution in [0.25, 0.3) is 0 Å². The molecule has 0 aliphatic carbocycles. The van der Waals surface area contributed by atoms with E-state index in [1.165, 1.54) is 24.3 Å². The first kappa shape index (κ1) is 41.9. The smallest absolute Gasteiger partial charge is 0.321 e. The zero-order valence-corrected chi connectivity index (χ0v) is 31.6. The number of rotatable bonds is 22. The van der Waals surface area contributed by atoms with Gasteiger partial charge in [-0.15, -0.1) is 0 Å². The van der Waals surface area contributed by atoms with Crippen molar-refractivity contribution in [2.24, 2.45) is 0 Å². The molecule has 1 fully saturated rings. The first-order chi connectivity index (χ1) is 27.3. The summed E-state index contributed by atoms with van der Waals surface area (Å²) in [6.45, 7) is 0.796. The van der Waals surface area contributed by atoms with E-state index in [1.54, 1.807) is 48.3 Å². The van der Waals surface area contributed by atoms with Crippen molar-refractivity contribution in [3.63, 3.8) is 0 Å². The van der Waals surface area contributed by atoms with Crippen LogP contribution in [0.1, 0.15) is 22.3 Å². The van der Waals surface area contributed by atoms with Crippen LogP contribution >= 0.6 is 0 Å². The molecule has 56 heavy (non-hydrogen) atoms. The molecule has 0 unspecified atom stereocenters. The van der Waals surface area contributed by atoms with Gasteiger partial charge in [0.1, 0.15) is 25.8 Å². The second kappa shape index (κ2) is 21.7. The highest BCUT2D eigenvalue weighted by Gasteiger charge is 2.49. The van der Waals surface area contributed by atoms with Crippen molar-refractivity contribution in [3.8, 4) is 0 Å². The molecular formula is C41H48N4O11. The molecule has 4 aromatic carbocycles. The molecule has 2 amide bonds. The van der Waals surface area contributed by atoms with E-state index in [1.807, 2.05) is 60.7 Å². The number of urea groups is 1. The van der Waals surface area contributed by atoms with E-state index < -0.39 is 40.2 Å². The third-order valence-corrected chi connectivity index (χ3v) is 9.45. The molecule has 0 saturated carbocycles. The van der Waals surface area contributed by atoms with Crippen LogP contribution in [0.3, 0.4) is 0 Å². The van der Waals surface area contributed by atoms with Gasteiger partial charge in [-0.05, 0) is 35.1 Å². The Hall–Kier alpha value is -5.29. The Morgan fingerprint density at radius 3 is 1.32 bits per heavy atom. The van der Waals surface area contributed by atoms with E-state index >= 15 is 4.79 Å². The minimum Gasteiger partial charge on any atom is -0.382 e. The van der Waals surface area contributed by atoms with Crippen molar-refractivity contribution in [2.75, 3.05) is 54.2 Å². The predicted octanol–water partition coefficient (Wildman–Crippen LogP) is 6.17. The zero-order chi connectivity index (χ0) is 39.7. The number of carbonyl (C=O) groups excluding carboxylic acids is 1. The van der Waals surface area contributed by atoms with Crippen molar-refractivity contribution in [1.29, 1.82) is 0 Å². The Morgan fingerprint density at radius 2 is 0.946 bits per heavy atom. The van der Waals surface area contributed by atoms with Crippen molar-refractivity contribution < 1.29 is 43.1 Å². The number of methoxy groups -OCH3 is 2. The van der Waals surface area contributed by atoms with Gasteiger partial charge in [0, 0.05) is 51.6 Å². The first-order valence-electron chi connectivity index (χ1n) is 18.3. The molecular weight excluding hydrogens is 724 g/mol. The average Bonchev–Trinajstić information content (AvgIpc) is 3.28. The van der Waals surface area contributed by atoms with E-state index in [9.17, 15) is 20.2 Å². The highest BCUT2D eigenvalue weighted by Crippen LogP contribution is 2.34. The largest absolute Gasteiger partial charge is 0.382 e. The summed E-state index contributed by atoms with van der Waals surface area (Å²) >= 11 is 0. The molecule has 5 rings (SSSR count). The molecule has 15 heteroatoms. The molecule has 0 N–H and O–H groups in total. The van der Waals surface area contributed by atoms with Gasteiger partial charge in [0.25, 0.3) is 11.4 Å². The van der Waals surface area contributed by atoms with E-state index in [4.69, 9.17) is 28.4 Å². The lowest BCUT2D eigenvalue weighted by molar-refractivity contribution is -0.385. The lowest BCUT2D eigenvalue weighted by Gasteiger charge is -2.38. The van der Waals surface area contributed by atoms with Crippen molar-refractivity contribution in [3.05, 3.63) is 152 Å². The van der Waals surface area contributed by atoms with Gasteiger partial charge in [0.05, 0.1) is 48.4 Å². The van der Waals surface area contributed by atoms with E-state index in [-0.39, 0.29) is 51.3 Å². The van der Waals surface area contributed by atoms with Crippen LogP contribution in [0, 0.1) is 20.2 Å². The molecule has 298 valence electrons. The van der Waals surface area contributed by atoms with Crippen molar-refractivity contribution in [1.82, 2.24) is 9.80 Å². The van der Waals surface area contributed by atoms with Crippen molar-refractivity contribution in [2.45, 2.75) is 50.2 Å². The summed E-state index contributed by atoms with van der Waals surface area (Å²) in [6, 6.07) is 29.8. The maximum absolute atomic E-state index is 15.5. The molecule has 4 aromatic rings. The normalized spacial score (nSPS) is 18.5. The van der Waals surface area contributed by atoms with Crippen LogP contribution in [0.5, 0.6) is 0 Å². The minimum absolute atomic E-state index is 0.0248. The van der Waals surface area contributed by atoms with Crippen molar-refractivity contribution >= 4 is 17.4 Å². The van der Waals surface area contributed by atoms with Gasteiger partial charge in [-0.1, -0.05) is 84.9 Å². The lowest BCUT2D eigenvalue weighted by Crippen LogP contribution is -2.53. The monoisotopic (exact) mass is 772 g/mol. The summed E-state index contributed by atoms with van der Waals surface area (Å²) in [7, 11) is 3.14. The number of hydrogen-bond acceptors (Lipinski definition) is 11. The number of benzene rings is 4. The van der Waals surface area contributed by atoms with Crippen LogP contribution in [-0.2, 0) is 54.4 Å². The Morgan fingerprint density at radius 1 is 0.554 bits per heavy atom. The molecule has 0 aromatic heterocycles. The number of carbonyl (C=O) groups is 1. The van der Waals surface area contributed by atoms with Gasteiger partial charge < -0.3 is 38.2 Å². The lowest BCUT2D eigenvalue weighted by atomic mass is 9.90. The van der Waals surface area contributed by atoms with Crippen LogP contribution < -0.4 is 0 Å². The number of amides is 2. The second-order valence-electron chi connectivity index (χ2n) is 13.2. The van der Waals surface area contributed by atoms with Crippen LogP contribution in [0.4, 0.5) is 16.2 Å². The summed E-state index contributed by atoms with van der Waals surface area (Å²) in [4.78, 5) is 41.6. The first-order valence-corrected chi connectivity index (χ1v) is 18.3. The maximum atomic E-state index is 15.5. The van der Waals surface area contributed by atoms with E-state index in [2.05, 4.69) is 0 Å². The Kier molecular flexibility index (Phi) is 16.2. The fourth-order valence-electron chi connectivity index (χ4n) is 6.77. The topological polar surface area (TPSA) is 165 Å². The standard InChI is InChI=1S/C41H48N4O11/c1-51-19-21-53-29-55-39-37(25-31-11-5-3-6-12-31)42(27-33-15-9-17-35(23-33)44(47)48)41(46)43(28-34-16-10-18-36(24-34)45(49)50)38(26-32-13-7-4-8-14-32)40(39)56-30-54-22-20-52-2/h3-18,23-24,37-40H,19-22,25-30H2,1-2H3/t37-,38-,39+,40+/m1/s1. The highest BCUT2D eigenvalue weighted by atomic mass is 16.7. The molecule has 0 spiro atoms. The second-order valence-corrected chi connectivity index (χ2v) is 13.2. The third-order valence-electron chi connectivity index (χ3n) is 9.45. The molecule has 4 atom stereocenters. The van der Waals surface area contributed by atoms with Gasteiger partial charge in [0.2, 0.25) is 0 Å². The highest BCUT2D eigenvalue weighted by molar-refractivity contribution is 5.76. The molecule has 1 saturated heterocycles. The van der Waals surface area contributed by atoms with Gasteiger partial charge in [-0.25, -0.2) is 4.79 Å². The molecule has 0 radical (unpaired) electrons. The van der Waals surface area contributed by atoms with E-state index in [0.717, 1.165) is 11.1 Å². The van der Waals surface area contributed by atoms with Crippen LogP contribution in [0.15, 0.2) is 109 Å². The summed E-state index contributed by atoms with van der Waals surface area (Å²) < 4.78 is 35.4. The maximum Gasteiger partial charge on any atom is 0.321 e. The Labute approximate surface area is 325 Å². The van der Waals surface area contributed by atoms with Gasteiger partial charge >= 0.3 is 6.03 Å². The predicted molar refractivity (Wildman–Crippen MR) is 206 cm³/mol. The molecule has 1 heterocycles. The summed E-state index contributed by atoms with van der Waals surface area (Å²) in [6.07, 6.45) is -1.07. The van der Waals surface area contributed by atoms with Gasteiger partial charge in [-0.2, -0.15) is 0 Å². The fourth-order valence-corrected chi connectivity index (χ4v) is 6.77. The summed E-state index contributed by atoms with van der Waals surface area (Å²) in [5.74, 6) is 0. The molecule has 1 aliphatic heterocycles. The van der Waals surface area contributed by atoms with Crippen LogP contribution in [0.2, 0.25) is 0 Å². The number of non-ortho nitro benzene ring substituents is 2. The summed E-state index contributed by atoms with van der Waals surface area (Å²) in [5.41, 5.74) is 2.63. The number of hydrogen-bond donors (Lipinski definition) is 0. The van der Waals surface area contributed by atoms with E-state index in [0.29, 0.717) is 37.2 Å². The summed E-state index contributed by atoms with van der Waals surface area (Å²) in [5, 5.41) is 23.7. The fraction of sp³-hybridized carbons (Fsp3) is 0.390. The third kappa shape index (κ3) is 11.9. The van der Waals surface area contributed by atoms with Gasteiger partial charge in [-0.3, -0.25) is 20.2 Å². The number of nitrogens with zero attached hydrogens (tertiary/aromatic N) is 4. The van der Waals surface area contributed by atoms with Gasteiger partial charge in [0.15, 0.2) is 0 Å². The SMILES string of the molecule is COCCOCO[C@@H]1[C@@H](OCOCCOC)[C@@H](Cc2ccccc2)N(Cc2cccc([N+](=O)[O-])c2)C(=O)N(Cc2cccc([N+](=O)[O-])c2)[C@@H]1Cc1ccccc1. The number of nitro groups is 2. The molecule has 1 aliphatic rings. The zero-order valence-electron chi connectivity index (χ0n) is 31.6. The van der Waals surface area contributed by atoms with Crippen LogP contribution in [-0.4, -0.2) is 104 Å². The minimum atomic E-state index is -0.852. The molecule has 15 nitrogen and oxygen atoms in total. The molecule has 0 bridgehead atoms. The Bertz CT molecular complexity index is 1700. The Balaban J connectivity index is 1.70. The number of ether oxygens (including phenoxy) is 6.